The average Bonchev–Trinajstić information content (AvgIpc) is 4.16. The van der Waals surface area contributed by atoms with Crippen LogP contribution in [0, 0.1) is 0 Å². The first-order valence-electron chi connectivity index (χ1n) is 20.7. The van der Waals surface area contributed by atoms with Crippen LogP contribution in [0.4, 0.5) is 22.0 Å². The lowest BCUT2D eigenvalue weighted by Crippen LogP contribution is -2.35. The molecule has 0 bridgehead atoms. The molecule has 4 heterocycles. The molecule has 0 aliphatic rings. The van der Waals surface area contributed by atoms with Crippen LogP contribution >= 0.6 is 0 Å². The second kappa shape index (κ2) is 20.0. The zero-order chi connectivity index (χ0) is 47.9. The third-order valence-corrected chi connectivity index (χ3v) is 10.6. The summed E-state index contributed by atoms with van der Waals surface area (Å²) in [6.45, 7) is 2.85. The maximum atomic E-state index is 14.1. The predicted molar refractivity (Wildman–Crippen MR) is 231 cm³/mol. The number of nitrogens with one attached hydrogen (secondary N) is 2. The number of aromatic nitrogens is 12. The Labute approximate surface area is 377 Å². The summed E-state index contributed by atoms with van der Waals surface area (Å²) >= 11 is 0. The van der Waals surface area contributed by atoms with Crippen molar-refractivity contribution < 1.29 is 46.9 Å². The number of imidazole rings is 2. The molecular weight excluding hydrogens is 884 g/mol. The summed E-state index contributed by atoms with van der Waals surface area (Å²) in [5.74, 6) is -6.45. The van der Waals surface area contributed by atoms with Crippen molar-refractivity contribution in [1.29, 1.82) is 0 Å². The highest BCUT2D eigenvalue weighted by Gasteiger charge is 2.61. The fraction of sp³-hybridized carbons (Fsp3) is 0.244. The van der Waals surface area contributed by atoms with E-state index in [0.717, 1.165) is 38.9 Å². The van der Waals surface area contributed by atoms with Crippen LogP contribution in [0.15, 0.2) is 97.1 Å². The lowest BCUT2D eigenvalue weighted by Gasteiger charge is -2.19. The number of carboxylic acid groups (broad SMARTS) is 2. The van der Waals surface area contributed by atoms with E-state index < -0.39 is 47.7 Å². The Kier molecular flexibility index (Phi) is 14.0. The van der Waals surface area contributed by atoms with Crippen molar-refractivity contribution in [2.45, 2.75) is 71.3 Å². The molecule has 8 rings (SSSR count). The van der Waals surface area contributed by atoms with Gasteiger partial charge in [-0.05, 0) is 56.6 Å². The third kappa shape index (κ3) is 9.98. The van der Waals surface area contributed by atoms with E-state index in [0.29, 0.717) is 42.3 Å². The molecule has 4 aromatic heterocycles. The number of aryl methyl sites for hydroxylation is 2. The first-order chi connectivity index (χ1) is 32.2. The zero-order valence-corrected chi connectivity index (χ0v) is 35.7. The first kappa shape index (κ1) is 47.0. The van der Waals surface area contributed by atoms with Crippen molar-refractivity contribution in [3.8, 4) is 45.0 Å². The molecule has 0 aliphatic heterocycles. The van der Waals surface area contributed by atoms with Gasteiger partial charge in [0.25, 0.3) is 0 Å². The summed E-state index contributed by atoms with van der Waals surface area (Å²) in [5.41, 5.74) is 3.77. The third-order valence-electron chi connectivity index (χ3n) is 10.6. The monoisotopic (exact) mass is 924 g/mol. The molecule has 8 aromatic rings. The van der Waals surface area contributed by atoms with Gasteiger partial charge >= 0.3 is 24.0 Å². The summed E-state index contributed by atoms with van der Waals surface area (Å²) < 4.78 is 70.1. The minimum atomic E-state index is -5.83. The van der Waals surface area contributed by atoms with Crippen molar-refractivity contribution in [1.82, 2.24) is 60.4 Å². The van der Waals surface area contributed by atoms with Crippen LogP contribution in [-0.2, 0) is 38.5 Å². The van der Waals surface area contributed by atoms with Gasteiger partial charge in [-0.3, -0.25) is 0 Å². The number of H-pyrrole nitrogens is 2. The topological polar surface area (TPSA) is 239 Å². The number of aromatic carboxylic acids is 2. The molecule has 0 saturated carbocycles. The van der Waals surface area contributed by atoms with Gasteiger partial charge in [0.05, 0.1) is 12.3 Å². The molecule has 0 unspecified atom stereocenters. The van der Waals surface area contributed by atoms with Crippen molar-refractivity contribution >= 4 is 11.9 Å². The number of carboxylic acids is 2. The molecule has 67 heavy (non-hydrogen) atoms. The number of benzene rings is 4. The molecule has 22 heteroatoms. The van der Waals surface area contributed by atoms with Gasteiger partial charge in [-0.25, -0.2) is 19.6 Å². The molecule has 0 radical (unpaired) electrons. The number of aliphatic hydroxyl groups is 1. The van der Waals surface area contributed by atoms with Crippen molar-refractivity contribution in [3.63, 3.8) is 0 Å². The standard InChI is InChI=1S/C23H21F5N6O.C22H20N6O4/c1-2-5-19-29-20(22(24,25)23(26,27)28)18(13-35)34(19)12-14-8-10-15(11-9-14)16-6-3-4-7-17(16)21-30-32-33-31-21;1-2-5-17-23-18(21(29)30)19(22(31)32)28(17)12-13-8-10-14(11-9-13)15-6-3-4-7-16(15)20-24-26-27-25-20/h3-4,6-11,35H,2,5,12-13H2,1H3,(H,30,31,32,33);3-4,6-11H,2,5,12H2,1H3,(H,29,30)(H,31,32)(H,24,25,26,27). The Hall–Kier alpha value is -8.01. The molecule has 5 N–H and O–H groups in total. The normalized spacial score (nSPS) is 11.6. The van der Waals surface area contributed by atoms with E-state index in [1.54, 1.807) is 31.2 Å². The highest BCUT2D eigenvalue weighted by atomic mass is 19.4. The number of hydrogen-bond donors (Lipinski definition) is 5. The van der Waals surface area contributed by atoms with Gasteiger partial charge in [0, 0.05) is 37.1 Å². The molecule has 4 aromatic carbocycles. The second-order valence-corrected chi connectivity index (χ2v) is 15.0. The Morgan fingerprint density at radius 2 is 1.06 bits per heavy atom. The minimum absolute atomic E-state index is 0.0288. The van der Waals surface area contributed by atoms with E-state index in [-0.39, 0.29) is 31.0 Å². The van der Waals surface area contributed by atoms with Crippen molar-refractivity contribution in [2.75, 3.05) is 0 Å². The smallest absolute Gasteiger partial charge is 0.459 e. The molecule has 0 spiro atoms. The van der Waals surface area contributed by atoms with Crippen LogP contribution in [0.25, 0.3) is 45.0 Å². The summed E-state index contributed by atoms with van der Waals surface area (Å²) in [4.78, 5) is 31.0. The number of rotatable bonds is 16. The Balaban J connectivity index is 0.000000200. The SMILES string of the molecule is CCCc1nc(C(=O)O)c(C(=O)O)n1Cc1ccc(-c2ccccc2-c2nn[nH]n2)cc1.CCCc1nc(C(F)(F)C(F)(F)F)c(CO)n1Cc1ccc(-c2ccccc2-c2nn[nH]n2)cc1. The summed E-state index contributed by atoms with van der Waals surface area (Å²) in [7, 11) is 0. The first-order valence-corrected chi connectivity index (χ1v) is 20.7. The van der Waals surface area contributed by atoms with Crippen LogP contribution < -0.4 is 0 Å². The van der Waals surface area contributed by atoms with E-state index in [4.69, 9.17) is 0 Å². The molecular formula is C45H41F5N12O5. The largest absolute Gasteiger partial charge is 0.476 e. The number of aliphatic hydroxyl groups excluding tert-OH is 1. The second-order valence-electron chi connectivity index (χ2n) is 15.0. The number of halogens is 5. The highest BCUT2D eigenvalue weighted by molar-refractivity contribution is 5.99. The van der Waals surface area contributed by atoms with Crippen LogP contribution in [-0.4, -0.2) is 93.8 Å². The summed E-state index contributed by atoms with van der Waals surface area (Å²) in [6.07, 6.45) is -3.99. The molecule has 0 atom stereocenters. The average molecular weight is 925 g/mol. The number of aromatic amines is 2. The molecule has 0 aliphatic carbocycles. The van der Waals surface area contributed by atoms with Crippen LogP contribution in [0.5, 0.6) is 0 Å². The van der Waals surface area contributed by atoms with Crippen molar-refractivity contribution in [2.24, 2.45) is 0 Å². The lowest BCUT2D eigenvalue weighted by atomic mass is 9.98. The van der Waals surface area contributed by atoms with Crippen LogP contribution in [0.3, 0.4) is 0 Å². The fourth-order valence-electron chi connectivity index (χ4n) is 7.49. The van der Waals surface area contributed by atoms with E-state index in [9.17, 15) is 46.9 Å². The maximum Gasteiger partial charge on any atom is 0.459 e. The van der Waals surface area contributed by atoms with Gasteiger partial charge in [-0.2, -0.15) is 32.4 Å². The summed E-state index contributed by atoms with van der Waals surface area (Å²) in [6, 6.07) is 29.8. The minimum Gasteiger partial charge on any atom is -0.476 e. The number of carbonyl (C=O) groups is 2. The molecule has 0 saturated heterocycles. The predicted octanol–water partition coefficient (Wildman–Crippen LogP) is 8.00. The van der Waals surface area contributed by atoms with Crippen LogP contribution in [0.1, 0.15) is 81.8 Å². The Morgan fingerprint density at radius 3 is 1.45 bits per heavy atom. The lowest BCUT2D eigenvalue weighted by molar-refractivity contribution is -0.291. The molecule has 0 fully saturated rings. The van der Waals surface area contributed by atoms with E-state index in [2.05, 4.69) is 51.2 Å². The number of tetrazole rings is 2. The summed E-state index contributed by atoms with van der Waals surface area (Å²) in [5, 5.41) is 56.9. The van der Waals surface area contributed by atoms with Gasteiger partial charge < -0.3 is 24.5 Å². The number of nitrogens with zero attached hydrogens (tertiary/aromatic N) is 10. The van der Waals surface area contributed by atoms with E-state index in [1.807, 2.05) is 79.7 Å². The fourth-order valence-corrected chi connectivity index (χ4v) is 7.49. The molecule has 0 amide bonds. The highest BCUT2D eigenvalue weighted by Crippen LogP contribution is 2.45. The molecule has 346 valence electrons. The Bertz CT molecular complexity index is 2950. The van der Waals surface area contributed by atoms with Gasteiger partial charge in [0.2, 0.25) is 11.6 Å². The van der Waals surface area contributed by atoms with Gasteiger partial charge in [-0.15, -0.1) is 20.4 Å². The van der Waals surface area contributed by atoms with Gasteiger partial charge in [0.15, 0.2) is 11.4 Å². The van der Waals surface area contributed by atoms with Crippen molar-refractivity contribution in [3.05, 3.63) is 143 Å². The van der Waals surface area contributed by atoms with Crippen LogP contribution in [0.2, 0.25) is 0 Å². The zero-order valence-electron chi connectivity index (χ0n) is 35.7. The van der Waals surface area contributed by atoms with E-state index in [1.165, 1.54) is 9.13 Å². The number of alkyl halides is 5. The van der Waals surface area contributed by atoms with Gasteiger partial charge in [-0.1, -0.05) is 111 Å². The van der Waals surface area contributed by atoms with E-state index >= 15 is 0 Å². The quantitative estimate of drug-likeness (QED) is 0.0578. The van der Waals surface area contributed by atoms with Gasteiger partial charge in [0.1, 0.15) is 17.3 Å². The maximum absolute atomic E-state index is 14.1. The Morgan fingerprint density at radius 1 is 0.612 bits per heavy atom. The number of hydrogen-bond acceptors (Lipinski definition) is 11. The molecule has 17 nitrogen and oxygen atoms in total.